The molecule has 0 bridgehead atoms. The normalized spacial score (nSPS) is 15.1. The molecule has 1 fully saturated rings. The first kappa shape index (κ1) is 18.4. The van der Waals surface area contributed by atoms with E-state index in [0.717, 1.165) is 62.4 Å². The van der Waals surface area contributed by atoms with Gasteiger partial charge in [0.2, 0.25) is 5.91 Å². The molecule has 0 spiro atoms. The Hall–Kier alpha value is -2.43. The third-order valence-corrected chi connectivity index (χ3v) is 5.02. The largest absolute Gasteiger partial charge is 0.356 e. The first-order chi connectivity index (χ1) is 12.7. The molecule has 1 aromatic heterocycles. The molecular formula is C21H28N4O. The van der Waals surface area contributed by atoms with Crippen molar-refractivity contribution in [3.8, 4) is 11.3 Å². The second kappa shape index (κ2) is 8.79. The summed E-state index contributed by atoms with van der Waals surface area (Å²) in [5, 5.41) is 3.06. The van der Waals surface area contributed by atoms with Gasteiger partial charge in [-0.15, -0.1) is 0 Å². The molecule has 2 aromatic rings. The highest BCUT2D eigenvalue weighted by Crippen LogP contribution is 2.25. The second-order valence-electron chi connectivity index (χ2n) is 7.03. The maximum atomic E-state index is 12.2. The average Bonchev–Trinajstić information content (AvgIpc) is 2.69. The van der Waals surface area contributed by atoms with Gasteiger partial charge in [-0.3, -0.25) is 4.79 Å². The van der Waals surface area contributed by atoms with Crippen molar-refractivity contribution in [2.75, 3.05) is 24.5 Å². The predicted molar refractivity (Wildman–Crippen MR) is 105 cm³/mol. The van der Waals surface area contributed by atoms with Crippen LogP contribution in [-0.2, 0) is 4.79 Å². The minimum Gasteiger partial charge on any atom is -0.356 e. The Kier molecular flexibility index (Phi) is 6.21. The third kappa shape index (κ3) is 4.59. The van der Waals surface area contributed by atoms with E-state index in [2.05, 4.69) is 58.3 Å². The SMILES string of the molecule is CCCCNC(=O)C1CCN(c2cc(-c3ccc(C)cc3)ncn2)CC1. The Morgan fingerprint density at radius 3 is 2.62 bits per heavy atom. The molecule has 1 N–H and O–H groups in total. The first-order valence-corrected chi connectivity index (χ1v) is 9.59. The van der Waals surface area contributed by atoms with Crippen LogP contribution in [0.4, 0.5) is 5.82 Å². The molecule has 1 aliphatic rings. The molecule has 26 heavy (non-hydrogen) atoms. The van der Waals surface area contributed by atoms with Gasteiger partial charge in [0.1, 0.15) is 12.1 Å². The molecule has 1 aromatic carbocycles. The van der Waals surface area contributed by atoms with Gasteiger partial charge in [-0.2, -0.15) is 0 Å². The van der Waals surface area contributed by atoms with Crippen LogP contribution in [0.15, 0.2) is 36.7 Å². The lowest BCUT2D eigenvalue weighted by Gasteiger charge is -2.32. The number of nitrogens with one attached hydrogen (secondary N) is 1. The predicted octanol–water partition coefficient (Wildman–Crippen LogP) is 3.58. The third-order valence-electron chi connectivity index (χ3n) is 5.02. The topological polar surface area (TPSA) is 58.1 Å². The summed E-state index contributed by atoms with van der Waals surface area (Å²) in [6, 6.07) is 10.4. The van der Waals surface area contributed by atoms with Crippen LogP contribution in [0.5, 0.6) is 0 Å². The van der Waals surface area contributed by atoms with Gasteiger partial charge in [-0.25, -0.2) is 9.97 Å². The summed E-state index contributed by atoms with van der Waals surface area (Å²) in [7, 11) is 0. The highest BCUT2D eigenvalue weighted by Gasteiger charge is 2.25. The summed E-state index contributed by atoms with van der Waals surface area (Å²) < 4.78 is 0. The monoisotopic (exact) mass is 352 g/mol. The van der Waals surface area contributed by atoms with Crippen molar-refractivity contribution >= 4 is 11.7 Å². The van der Waals surface area contributed by atoms with Crippen molar-refractivity contribution < 1.29 is 4.79 Å². The molecule has 5 nitrogen and oxygen atoms in total. The van der Waals surface area contributed by atoms with Crippen molar-refractivity contribution in [1.29, 1.82) is 0 Å². The second-order valence-corrected chi connectivity index (χ2v) is 7.03. The number of aryl methyl sites for hydroxylation is 1. The Morgan fingerprint density at radius 1 is 1.19 bits per heavy atom. The molecule has 0 radical (unpaired) electrons. The zero-order valence-corrected chi connectivity index (χ0v) is 15.7. The van der Waals surface area contributed by atoms with E-state index < -0.39 is 0 Å². The van der Waals surface area contributed by atoms with Gasteiger partial charge in [0.25, 0.3) is 0 Å². The fraction of sp³-hybridized carbons (Fsp3) is 0.476. The molecule has 0 aliphatic carbocycles. The van der Waals surface area contributed by atoms with Gasteiger partial charge in [0.15, 0.2) is 0 Å². The summed E-state index contributed by atoms with van der Waals surface area (Å²) in [6.07, 6.45) is 5.54. The van der Waals surface area contributed by atoms with Crippen LogP contribution in [0.1, 0.15) is 38.2 Å². The molecule has 3 rings (SSSR count). The van der Waals surface area contributed by atoms with E-state index in [0.29, 0.717) is 0 Å². The lowest BCUT2D eigenvalue weighted by Crippen LogP contribution is -2.41. The summed E-state index contributed by atoms with van der Waals surface area (Å²) in [4.78, 5) is 23.4. The van der Waals surface area contributed by atoms with E-state index >= 15 is 0 Å². The highest BCUT2D eigenvalue weighted by molar-refractivity contribution is 5.79. The molecule has 2 heterocycles. The van der Waals surface area contributed by atoms with Crippen LogP contribution in [0, 0.1) is 12.8 Å². The number of carbonyl (C=O) groups excluding carboxylic acids is 1. The number of piperidine rings is 1. The summed E-state index contributed by atoms with van der Waals surface area (Å²) in [5.41, 5.74) is 3.28. The Bertz CT molecular complexity index is 721. The van der Waals surface area contributed by atoms with Crippen LogP contribution in [0.2, 0.25) is 0 Å². The van der Waals surface area contributed by atoms with Crippen LogP contribution in [0.25, 0.3) is 11.3 Å². The van der Waals surface area contributed by atoms with E-state index in [1.54, 1.807) is 6.33 Å². The summed E-state index contributed by atoms with van der Waals surface area (Å²) >= 11 is 0. The number of amides is 1. The Balaban J connectivity index is 1.60. The van der Waals surface area contributed by atoms with E-state index in [1.807, 2.05) is 6.07 Å². The molecule has 1 aliphatic heterocycles. The number of benzene rings is 1. The maximum absolute atomic E-state index is 12.2. The fourth-order valence-corrected chi connectivity index (χ4v) is 3.31. The standard InChI is InChI=1S/C21H28N4O/c1-3-4-11-22-21(26)18-9-12-25(13-10-18)20-14-19(23-15-24-20)17-7-5-16(2)6-8-17/h5-8,14-15,18H,3-4,9-13H2,1-2H3,(H,22,26). The van der Waals surface area contributed by atoms with Gasteiger partial charge < -0.3 is 10.2 Å². The van der Waals surface area contributed by atoms with Crippen molar-refractivity contribution in [2.45, 2.75) is 39.5 Å². The number of hydrogen-bond acceptors (Lipinski definition) is 4. The van der Waals surface area contributed by atoms with Crippen LogP contribution in [0.3, 0.4) is 0 Å². The zero-order chi connectivity index (χ0) is 18.4. The molecule has 5 heteroatoms. The smallest absolute Gasteiger partial charge is 0.223 e. The molecule has 1 saturated heterocycles. The minimum absolute atomic E-state index is 0.126. The van der Waals surface area contributed by atoms with Gasteiger partial charge in [-0.05, 0) is 26.2 Å². The van der Waals surface area contributed by atoms with E-state index in [1.165, 1.54) is 5.56 Å². The molecule has 0 saturated carbocycles. The first-order valence-electron chi connectivity index (χ1n) is 9.59. The molecule has 138 valence electrons. The number of hydrogen-bond donors (Lipinski definition) is 1. The molecule has 1 amide bonds. The van der Waals surface area contributed by atoms with Gasteiger partial charge in [-0.1, -0.05) is 43.2 Å². The lowest BCUT2D eigenvalue weighted by molar-refractivity contribution is -0.125. The number of nitrogens with zero attached hydrogens (tertiary/aromatic N) is 3. The quantitative estimate of drug-likeness (QED) is 0.807. The average molecular weight is 352 g/mol. The van der Waals surface area contributed by atoms with Crippen molar-refractivity contribution in [1.82, 2.24) is 15.3 Å². The lowest BCUT2D eigenvalue weighted by atomic mass is 9.96. The van der Waals surface area contributed by atoms with E-state index in [9.17, 15) is 4.79 Å². The van der Waals surface area contributed by atoms with Crippen LogP contribution in [-0.4, -0.2) is 35.5 Å². The Morgan fingerprint density at radius 2 is 1.92 bits per heavy atom. The number of rotatable bonds is 6. The highest BCUT2D eigenvalue weighted by atomic mass is 16.1. The number of anilines is 1. The molecule has 0 atom stereocenters. The summed E-state index contributed by atoms with van der Waals surface area (Å²) in [5.74, 6) is 1.28. The van der Waals surface area contributed by atoms with Crippen molar-refractivity contribution in [3.63, 3.8) is 0 Å². The fourth-order valence-electron chi connectivity index (χ4n) is 3.31. The van der Waals surface area contributed by atoms with Gasteiger partial charge in [0.05, 0.1) is 5.69 Å². The summed E-state index contributed by atoms with van der Waals surface area (Å²) in [6.45, 7) is 6.72. The minimum atomic E-state index is 0.126. The molecule has 0 unspecified atom stereocenters. The van der Waals surface area contributed by atoms with Crippen molar-refractivity contribution in [3.05, 3.63) is 42.2 Å². The zero-order valence-electron chi connectivity index (χ0n) is 15.7. The van der Waals surface area contributed by atoms with Crippen LogP contribution < -0.4 is 10.2 Å². The van der Waals surface area contributed by atoms with Crippen LogP contribution >= 0.6 is 0 Å². The van der Waals surface area contributed by atoms with E-state index in [-0.39, 0.29) is 11.8 Å². The number of carbonyl (C=O) groups is 1. The van der Waals surface area contributed by atoms with Gasteiger partial charge >= 0.3 is 0 Å². The van der Waals surface area contributed by atoms with Gasteiger partial charge in [0, 0.05) is 37.2 Å². The molecular weight excluding hydrogens is 324 g/mol. The number of aromatic nitrogens is 2. The maximum Gasteiger partial charge on any atom is 0.223 e. The van der Waals surface area contributed by atoms with Crippen molar-refractivity contribution in [2.24, 2.45) is 5.92 Å². The van der Waals surface area contributed by atoms with E-state index in [4.69, 9.17) is 0 Å². The number of unbranched alkanes of at least 4 members (excludes halogenated alkanes) is 1. The Labute approximate surface area is 155 Å².